The van der Waals surface area contributed by atoms with Gasteiger partial charge in [-0.25, -0.2) is 4.98 Å². The van der Waals surface area contributed by atoms with Crippen LogP contribution < -0.4 is 10.1 Å². The molecular formula is C26H25N3O2. The van der Waals surface area contributed by atoms with E-state index in [2.05, 4.69) is 5.32 Å². The van der Waals surface area contributed by atoms with Crippen LogP contribution in [0.1, 0.15) is 29.9 Å². The molecule has 0 aliphatic rings. The summed E-state index contributed by atoms with van der Waals surface area (Å²) in [6.07, 6.45) is 3.31. The van der Waals surface area contributed by atoms with Crippen LogP contribution in [0.2, 0.25) is 0 Å². The number of carbonyl (C=O) groups excluding carboxylic acids is 1. The zero-order chi connectivity index (χ0) is 21.6. The van der Waals surface area contributed by atoms with E-state index in [1.807, 2.05) is 97.4 Å². The number of benzene rings is 3. The first kappa shape index (κ1) is 20.4. The number of fused-ring (bicyclic) bond motifs is 1. The number of nitrogens with zero attached hydrogens (tertiary/aromatic N) is 2. The van der Waals surface area contributed by atoms with E-state index in [0.29, 0.717) is 6.61 Å². The summed E-state index contributed by atoms with van der Waals surface area (Å²) in [6.45, 7) is 2.51. The zero-order valence-electron chi connectivity index (χ0n) is 17.7. The average Bonchev–Trinajstić information content (AvgIpc) is 3.14. The maximum atomic E-state index is 12.9. The number of hydrogen-bond acceptors (Lipinski definition) is 3. The fourth-order valence-corrected chi connectivity index (χ4v) is 3.63. The van der Waals surface area contributed by atoms with Gasteiger partial charge in [0.2, 0.25) is 5.91 Å². The fraction of sp³-hybridized carbons (Fsp3) is 0.154. The Bertz CT molecular complexity index is 1210. The second kappa shape index (κ2) is 9.30. The molecule has 1 atom stereocenters. The number of para-hydroxylation sites is 3. The van der Waals surface area contributed by atoms with E-state index in [1.54, 1.807) is 6.08 Å². The number of amides is 1. The molecule has 1 heterocycles. The zero-order valence-corrected chi connectivity index (χ0v) is 17.7. The third-order valence-electron chi connectivity index (χ3n) is 5.13. The molecule has 0 radical (unpaired) electrons. The van der Waals surface area contributed by atoms with Crippen molar-refractivity contribution in [3.8, 4) is 5.75 Å². The van der Waals surface area contributed by atoms with Crippen LogP contribution in [-0.4, -0.2) is 22.1 Å². The van der Waals surface area contributed by atoms with Crippen molar-refractivity contribution in [3.63, 3.8) is 0 Å². The lowest BCUT2D eigenvalue weighted by Gasteiger charge is -2.18. The number of rotatable bonds is 7. The third kappa shape index (κ3) is 4.51. The molecular weight excluding hydrogens is 386 g/mol. The van der Waals surface area contributed by atoms with Crippen LogP contribution in [-0.2, 0) is 11.8 Å². The van der Waals surface area contributed by atoms with Gasteiger partial charge >= 0.3 is 0 Å². The maximum Gasteiger partial charge on any atom is 0.244 e. The van der Waals surface area contributed by atoms with Crippen molar-refractivity contribution in [2.45, 2.75) is 13.0 Å². The highest BCUT2D eigenvalue weighted by Crippen LogP contribution is 2.25. The van der Waals surface area contributed by atoms with Crippen molar-refractivity contribution >= 4 is 23.0 Å². The minimum Gasteiger partial charge on any atom is -0.493 e. The number of hydrogen-bond donors (Lipinski definition) is 1. The summed E-state index contributed by atoms with van der Waals surface area (Å²) in [5.41, 5.74) is 3.75. The van der Waals surface area contributed by atoms with Gasteiger partial charge in [0.25, 0.3) is 0 Å². The van der Waals surface area contributed by atoms with E-state index in [9.17, 15) is 4.79 Å². The molecule has 0 spiro atoms. The molecule has 0 aliphatic carbocycles. The van der Waals surface area contributed by atoms with Gasteiger partial charge in [0.05, 0.1) is 17.6 Å². The summed E-state index contributed by atoms with van der Waals surface area (Å²) in [5, 5.41) is 3.12. The molecule has 4 rings (SSSR count). The second-order valence-corrected chi connectivity index (χ2v) is 7.17. The van der Waals surface area contributed by atoms with Crippen LogP contribution in [0.15, 0.2) is 84.9 Å². The average molecular weight is 412 g/mol. The minimum absolute atomic E-state index is 0.202. The van der Waals surface area contributed by atoms with Crippen molar-refractivity contribution < 1.29 is 9.53 Å². The van der Waals surface area contributed by atoms with Crippen LogP contribution in [0.5, 0.6) is 5.75 Å². The molecule has 156 valence electrons. The molecule has 3 aromatic carbocycles. The Hall–Kier alpha value is -3.86. The molecule has 0 saturated heterocycles. The number of aromatic nitrogens is 2. The largest absolute Gasteiger partial charge is 0.493 e. The van der Waals surface area contributed by atoms with Gasteiger partial charge in [-0.2, -0.15) is 0 Å². The second-order valence-electron chi connectivity index (χ2n) is 7.17. The molecule has 4 aromatic rings. The molecule has 1 amide bonds. The van der Waals surface area contributed by atoms with Gasteiger partial charge in [-0.3, -0.25) is 4.79 Å². The van der Waals surface area contributed by atoms with Gasteiger partial charge in [-0.05, 0) is 36.8 Å². The molecule has 0 bridgehead atoms. The highest BCUT2D eigenvalue weighted by atomic mass is 16.5. The number of aryl methyl sites for hydroxylation is 1. The summed E-state index contributed by atoms with van der Waals surface area (Å²) < 4.78 is 7.67. The number of nitrogens with one attached hydrogen (secondary N) is 1. The summed E-state index contributed by atoms with van der Waals surface area (Å²) in [6, 6.07) is 25.1. The van der Waals surface area contributed by atoms with Gasteiger partial charge in [0, 0.05) is 18.7 Å². The molecule has 1 aromatic heterocycles. The van der Waals surface area contributed by atoms with Gasteiger partial charge in [0.15, 0.2) is 0 Å². The lowest BCUT2D eigenvalue weighted by molar-refractivity contribution is -0.117. The molecule has 1 unspecified atom stereocenters. The van der Waals surface area contributed by atoms with Crippen molar-refractivity contribution in [2.75, 3.05) is 6.61 Å². The Kier molecular flexibility index (Phi) is 6.13. The highest BCUT2D eigenvalue weighted by molar-refractivity contribution is 5.92. The molecule has 1 N–H and O–H groups in total. The van der Waals surface area contributed by atoms with E-state index in [-0.39, 0.29) is 11.9 Å². The Morgan fingerprint density at radius 2 is 1.74 bits per heavy atom. The van der Waals surface area contributed by atoms with Crippen molar-refractivity contribution in [1.82, 2.24) is 14.9 Å². The van der Waals surface area contributed by atoms with E-state index in [4.69, 9.17) is 9.72 Å². The van der Waals surface area contributed by atoms with Crippen LogP contribution in [0, 0.1) is 0 Å². The Labute approximate surface area is 182 Å². The first-order chi connectivity index (χ1) is 15.2. The maximum absolute atomic E-state index is 12.9. The van der Waals surface area contributed by atoms with Crippen LogP contribution in [0.3, 0.4) is 0 Å². The monoisotopic (exact) mass is 411 g/mol. The lowest BCUT2D eigenvalue weighted by atomic mass is 10.1. The smallest absolute Gasteiger partial charge is 0.244 e. The minimum atomic E-state index is -0.377. The standard InChI is InChI=1S/C26H25N3O2/c1-3-31-23-16-10-7-11-19(23)17-18-24(30)28-25(20-12-5-4-6-13-20)26-27-21-14-8-9-15-22(21)29(26)2/h4-18,25H,3H2,1-2H3,(H,28,30)/b18-17+. The predicted molar refractivity (Wildman–Crippen MR) is 124 cm³/mol. The summed E-state index contributed by atoms with van der Waals surface area (Å²) in [7, 11) is 1.97. The topological polar surface area (TPSA) is 56.1 Å². The van der Waals surface area contributed by atoms with Crippen LogP contribution >= 0.6 is 0 Å². The fourth-order valence-electron chi connectivity index (χ4n) is 3.63. The number of ether oxygens (including phenoxy) is 1. The van der Waals surface area contributed by atoms with E-state index >= 15 is 0 Å². The lowest BCUT2D eigenvalue weighted by Crippen LogP contribution is -2.29. The van der Waals surface area contributed by atoms with Gasteiger partial charge < -0.3 is 14.6 Å². The third-order valence-corrected chi connectivity index (χ3v) is 5.13. The molecule has 31 heavy (non-hydrogen) atoms. The molecule has 0 fully saturated rings. The normalized spacial score (nSPS) is 12.2. The molecule has 0 saturated carbocycles. The number of carbonyl (C=O) groups is 1. The van der Waals surface area contributed by atoms with Crippen molar-refractivity contribution in [2.24, 2.45) is 7.05 Å². The Balaban J connectivity index is 1.64. The first-order valence-corrected chi connectivity index (χ1v) is 10.3. The summed E-state index contributed by atoms with van der Waals surface area (Å²) in [4.78, 5) is 17.7. The predicted octanol–water partition coefficient (Wildman–Crippen LogP) is 4.89. The van der Waals surface area contributed by atoms with Gasteiger partial charge in [0.1, 0.15) is 17.6 Å². The highest BCUT2D eigenvalue weighted by Gasteiger charge is 2.21. The van der Waals surface area contributed by atoms with E-state index in [0.717, 1.165) is 33.7 Å². The first-order valence-electron chi connectivity index (χ1n) is 10.3. The van der Waals surface area contributed by atoms with Gasteiger partial charge in [-0.15, -0.1) is 0 Å². The summed E-state index contributed by atoms with van der Waals surface area (Å²) >= 11 is 0. The molecule has 5 nitrogen and oxygen atoms in total. The molecule has 0 aliphatic heterocycles. The van der Waals surface area contributed by atoms with Crippen LogP contribution in [0.4, 0.5) is 0 Å². The van der Waals surface area contributed by atoms with E-state index in [1.165, 1.54) is 6.08 Å². The van der Waals surface area contributed by atoms with Crippen molar-refractivity contribution in [3.05, 3.63) is 102 Å². The number of imidazole rings is 1. The SMILES string of the molecule is CCOc1ccccc1/C=C/C(=O)NC(c1ccccc1)c1nc2ccccc2n1C. The molecule has 5 heteroatoms. The van der Waals surface area contributed by atoms with Crippen molar-refractivity contribution in [1.29, 1.82) is 0 Å². The summed E-state index contributed by atoms with van der Waals surface area (Å²) in [5.74, 6) is 1.33. The Morgan fingerprint density at radius 1 is 1.03 bits per heavy atom. The van der Waals surface area contributed by atoms with Gasteiger partial charge in [-0.1, -0.05) is 60.7 Å². The van der Waals surface area contributed by atoms with Crippen LogP contribution in [0.25, 0.3) is 17.1 Å². The van der Waals surface area contributed by atoms with E-state index < -0.39 is 0 Å². The quantitative estimate of drug-likeness (QED) is 0.441. The Morgan fingerprint density at radius 3 is 2.52 bits per heavy atom.